The van der Waals surface area contributed by atoms with Crippen molar-refractivity contribution in [2.45, 2.75) is 25.9 Å². The first-order chi connectivity index (χ1) is 17.4. The third kappa shape index (κ3) is 4.56. The van der Waals surface area contributed by atoms with Crippen molar-refractivity contribution in [1.29, 1.82) is 0 Å². The summed E-state index contributed by atoms with van der Waals surface area (Å²) < 4.78 is 16.6. The number of primary amides is 1. The number of halogens is 1. The minimum absolute atomic E-state index is 0.0149. The van der Waals surface area contributed by atoms with E-state index >= 15 is 0 Å². The Hall–Kier alpha value is -4.87. The van der Waals surface area contributed by atoms with Gasteiger partial charge in [0.25, 0.3) is 5.56 Å². The summed E-state index contributed by atoms with van der Waals surface area (Å²) in [6, 6.07) is 13.2. The highest BCUT2D eigenvalue weighted by atomic mass is 19.1. The Balaban J connectivity index is 1.58. The molecule has 0 unspecified atom stereocenters. The van der Waals surface area contributed by atoms with E-state index in [0.717, 1.165) is 15.7 Å². The van der Waals surface area contributed by atoms with Gasteiger partial charge in [0.15, 0.2) is 5.65 Å². The molecule has 0 fully saturated rings. The van der Waals surface area contributed by atoms with Gasteiger partial charge in [0, 0.05) is 12.0 Å². The van der Waals surface area contributed by atoms with Gasteiger partial charge in [-0.1, -0.05) is 42.5 Å². The largest absolute Gasteiger partial charge is 0.369 e. The van der Waals surface area contributed by atoms with Crippen LogP contribution in [0.25, 0.3) is 11.2 Å². The number of fused-ring (bicyclic) bond motifs is 1. The Morgan fingerprint density at radius 1 is 0.972 bits per heavy atom. The lowest BCUT2D eigenvalue weighted by Gasteiger charge is -2.10. The van der Waals surface area contributed by atoms with Crippen LogP contribution < -0.4 is 17.0 Å². The van der Waals surface area contributed by atoms with Gasteiger partial charge in [-0.25, -0.2) is 19.2 Å². The zero-order chi connectivity index (χ0) is 25.2. The molecular weight excluding hydrogens is 467 g/mol. The lowest BCUT2D eigenvalue weighted by atomic mass is 10.1. The Bertz CT molecular complexity index is 1670. The monoisotopic (exact) mass is 488 g/mol. The number of aromatic amines is 2. The molecule has 3 heterocycles. The molecule has 0 aliphatic rings. The van der Waals surface area contributed by atoms with Crippen LogP contribution in [0.1, 0.15) is 28.3 Å². The van der Waals surface area contributed by atoms with Crippen molar-refractivity contribution in [3.63, 3.8) is 0 Å². The van der Waals surface area contributed by atoms with E-state index in [0.29, 0.717) is 18.1 Å². The van der Waals surface area contributed by atoms with Gasteiger partial charge in [0.05, 0.1) is 19.5 Å². The fourth-order valence-corrected chi connectivity index (χ4v) is 4.00. The van der Waals surface area contributed by atoms with Crippen molar-refractivity contribution < 1.29 is 9.18 Å². The first-order valence-electron chi connectivity index (χ1n) is 11.0. The van der Waals surface area contributed by atoms with E-state index in [4.69, 9.17) is 5.73 Å². The summed E-state index contributed by atoms with van der Waals surface area (Å²) in [6.45, 7) is -0.259. The standard InChI is InChI=1S/C24H21FN8O3/c25-17-4-2-1-3-16(17)11-33-23(35)21-22(32(24(33)36)12-20-27-13-28-31-20)30-19(29-21)10-15-7-5-14(6-8-15)9-18(26)34/h1-8,13H,9-12H2,(H2,26,34)(H,29,30)(H,27,28,31). The van der Waals surface area contributed by atoms with Gasteiger partial charge in [-0.2, -0.15) is 5.10 Å². The van der Waals surface area contributed by atoms with E-state index in [1.165, 1.54) is 29.1 Å². The molecule has 0 atom stereocenters. The molecule has 4 N–H and O–H groups in total. The first-order valence-corrected chi connectivity index (χ1v) is 11.0. The number of carbonyl (C=O) groups is 1. The number of rotatable bonds is 8. The maximum Gasteiger partial charge on any atom is 0.333 e. The molecule has 12 heteroatoms. The van der Waals surface area contributed by atoms with E-state index in [9.17, 15) is 18.8 Å². The van der Waals surface area contributed by atoms with Crippen LogP contribution in [0.4, 0.5) is 4.39 Å². The number of imidazole rings is 1. The topological polar surface area (TPSA) is 157 Å². The van der Waals surface area contributed by atoms with Gasteiger partial charge >= 0.3 is 5.69 Å². The van der Waals surface area contributed by atoms with E-state index in [1.807, 2.05) is 12.1 Å². The van der Waals surface area contributed by atoms with Gasteiger partial charge in [0.2, 0.25) is 5.91 Å². The minimum Gasteiger partial charge on any atom is -0.369 e. The summed E-state index contributed by atoms with van der Waals surface area (Å²) in [5, 5.41) is 6.50. The number of hydrogen-bond acceptors (Lipinski definition) is 6. The number of hydrogen-bond donors (Lipinski definition) is 3. The van der Waals surface area contributed by atoms with Crippen molar-refractivity contribution in [1.82, 2.24) is 34.3 Å². The number of carbonyl (C=O) groups excluding carboxylic acids is 1. The molecular formula is C24H21FN8O3. The summed E-state index contributed by atoms with van der Waals surface area (Å²) in [4.78, 5) is 49.5. The maximum atomic E-state index is 14.3. The molecule has 0 saturated carbocycles. The second-order valence-electron chi connectivity index (χ2n) is 8.30. The third-order valence-electron chi connectivity index (χ3n) is 5.74. The second-order valence-corrected chi connectivity index (χ2v) is 8.30. The minimum atomic E-state index is -0.652. The molecule has 182 valence electrons. The molecule has 0 radical (unpaired) electrons. The highest BCUT2D eigenvalue weighted by Crippen LogP contribution is 2.14. The number of amides is 1. The van der Waals surface area contributed by atoms with Crippen molar-refractivity contribution in [3.05, 3.63) is 110 Å². The molecule has 0 saturated heterocycles. The summed E-state index contributed by atoms with van der Waals surface area (Å²) in [7, 11) is 0. The molecule has 1 amide bonds. The van der Waals surface area contributed by atoms with Crippen LogP contribution in [0.5, 0.6) is 0 Å². The smallest absolute Gasteiger partial charge is 0.333 e. The lowest BCUT2D eigenvalue weighted by molar-refractivity contribution is -0.117. The SMILES string of the molecule is NC(=O)Cc1ccc(Cc2nc3c([nH]2)c(=O)n(Cc2ccccc2F)c(=O)n3Cc2ncn[nH]2)cc1. The predicted octanol–water partition coefficient (Wildman–Crippen LogP) is 0.859. The molecule has 0 bridgehead atoms. The highest BCUT2D eigenvalue weighted by molar-refractivity contribution is 5.76. The van der Waals surface area contributed by atoms with E-state index < -0.39 is 23.0 Å². The molecule has 5 rings (SSSR count). The zero-order valence-corrected chi connectivity index (χ0v) is 18.9. The second kappa shape index (κ2) is 9.41. The molecule has 36 heavy (non-hydrogen) atoms. The fraction of sp³-hybridized carbons (Fsp3) is 0.167. The van der Waals surface area contributed by atoms with Crippen LogP contribution >= 0.6 is 0 Å². The van der Waals surface area contributed by atoms with Crippen molar-refractivity contribution in [3.8, 4) is 0 Å². The van der Waals surface area contributed by atoms with E-state index in [-0.39, 0.29) is 36.2 Å². The number of H-pyrrole nitrogens is 2. The molecule has 0 aliphatic heterocycles. The molecule has 5 aromatic rings. The number of benzene rings is 2. The Labute approximate surface area is 202 Å². The Morgan fingerprint density at radius 3 is 2.42 bits per heavy atom. The highest BCUT2D eigenvalue weighted by Gasteiger charge is 2.19. The molecule has 2 aromatic carbocycles. The first kappa shape index (κ1) is 22.9. The van der Waals surface area contributed by atoms with Gasteiger partial charge in [0.1, 0.15) is 29.3 Å². The number of nitrogens with one attached hydrogen (secondary N) is 2. The fourth-order valence-electron chi connectivity index (χ4n) is 4.00. The van der Waals surface area contributed by atoms with Gasteiger partial charge < -0.3 is 10.7 Å². The molecule has 3 aromatic heterocycles. The third-order valence-corrected chi connectivity index (χ3v) is 5.74. The Morgan fingerprint density at radius 2 is 1.72 bits per heavy atom. The van der Waals surface area contributed by atoms with Crippen molar-refractivity contribution >= 4 is 17.1 Å². The summed E-state index contributed by atoms with van der Waals surface area (Å²) >= 11 is 0. The molecule has 11 nitrogen and oxygen atoms in total. The normalized spacial score (nSPS) is 11.2. The number of nitrogens with zero attached hydrogens (tertiary/aromatic N) is 5. The van der Waals surface area contributed by atoms with Gasteiger partial charge in [-0.15, -0.1) is 0 Å². The predicted molar refractivity (Wildman–Crippen MR) is 128 cm³/mol. The Kier molecular flexibility index (Phi) is 5.98. The van der Waals surface area contributed by atoms with Gasteiger partial charge in [-0.3, -0.25) is 23.8 Å². The lowest BCUT2D eigenvalue weighted by Crippen LogP contribution is -2.40. The van der Waals surface area contributed by atoms with Gasteiger partial charge in [-0.05, 0) is 17.2 Å². The van der Waals surface area contributed by atoms with Crippen LogP contribution in [-0.2, 0) is 30.7 Å². The van der Waals surface area contributed by atoms with E-state index in [1.54, 1.807) is 18.2 Å². The summed E-state index contributed by atoms with van der Waals surface area (Å²) in [5.74, 6) is -0.0876. The summed E-state index contributed by atoms with van der Waals surface area (Å²) in [6.07, 6.45) is 1.79. The van der Waals surface area contributed by atoms with Crippen LogP contribution in [0.15, 0.2) is 64.4 Å². The van der Waals surface area contributed by atoms with Crippen LogP contribution in [0.2, 0.25) is 0 Å². The van der Waals surface area contributed by atoms with Crippen LogP contribution in [-0.4, -0.2) is 40.2 Å². The number of aromatic nitrogens is 7. The average molecular weight is 488 g/mol. The van der Waals surface area contributed by atoms with Crippen LogP contribution in [0, 0.1) is 5.82 Å². The zero-order valence-electron chi connectivity index (χ0n) is 18.9. The van der Waals surface area contributed by atoms with Crippen LogP contribution in [0.3, 0.4) is 0 Å². The maximum absolute atomic E-state index is 14.3. The quantitative estimate of drug-likeness (QED) is 0.294. The summed E-state index contributed by atoms with van der Waals surface area (Å²) in [5.41, 5.74) is 6.12. The molecule has 0 aliphatic carbocycles. The van der Waals surface area contributed by atoms with E-state index in [2.05, 4.69) is 25.1 Å². The van der Waals surface area contributed by atoms with Crippen molar-refractivity contribution in [2.24, 2.45) is 5.73 Å². The number of nitrogens with two attached hydrogens (primary N) is 1. The average Bonchev–Trinajstić information content (AvgIpc) is 3.52. The molecule has 0 spiro atoms. The van der Waals surface area contributed by atoms with Crippen molar-refractivity contribution in [2.75, 3.05) is 0 Å².